The highest BCUT2D eigenvalue weighted by atomic mass is 32.1. The van der Waals surface area contributed by atoms with E-state index in [0.29, 0.717) is 5.56 Å². The van der Waals surface area contributed by atoms with Crippen LogP contribution in [0.25, 0.3) is 0 Å². The summed E-state index contributed by atoms with van der Waals surface area (Å²) in [6.07, 6.45) is 0. The normalized spacial score (nSPS) is 9.40. The van der Waals surface area contributed by atoms with Crippen LogP contribution >= 0.6 is 12.2 Å². The Labute approximate surface area is 64.7 Å². The van der Waals surface area contributed by atoms with Crippen molar-refractivity contribution in [1.82, 2.24) is 0 Å². The van der Waals surface area contributed by atoms with E-state index in [9.17, 15) is 4.39 Å². The Bertz CT molecular complexity index is 238. The van der Waals surface area contributed by atoms with Crippen LogP contribution in [0.5, 0.6) is 0 Å². The number of benzene rings is 1. The molecule has 0 spiro atoms. The van der Waals surface area contributed by atoms with Crippen molar-refractivity contribution < 1.29 is 4.39 Å². The standard InChI is InChI=1S/C8H7FS/c1-6-2-4-7(5-3-6)8(9)10/h2-5H,1H3. The second kappa shape index (κ2) is 2.88. The molecule has 0 atom stereocenters. The van der Waals surface area contributed by atoms with Gasteiger partial charge in [0, 0.05) is 5.56 Å². The molecule has 1 aromatic rings. The Morgan fingerprint density at radius 1 is 1.30 bits per heavy atom. The first-order valence-corrected chi connectivity index (χ1v) is 3.37. The molecule has 0 amide bonds. The summed E-state index contributed by atoms with van der Waals surface area (Å²) in [6, 6.07) is 7.03. The van der Waals surface area contributed by atoms with Gasteiger partial charge in [-0.2, -0.15) is 4.39 Å². The average molecular weight is 154 g/mol. The molecule has 0 unspecified atom stereocenters. The summed E-state index contributed by atoms with van der Waals surface area (Å²) in [6.45, 7) is 1.95. The molecular weight excluding hydrogens is 147 g/mol. The molecule has 0 aliphatic carbocycles. The van der Waals surface area contributed by atoms with Gasteiger partial charge in [-0.05, 0) is 19.1 Å². The number of halogens is 1. The third kappa shape index (κ3) is 1.61. The van der Waals surface area contributed by atoms with E-state index in [4.69, 9.17) is 0 Å². The summed E-state index contributed by atoms with van der Waals surface area (Å²) < 4.78 is 12.3. The molecule has 52 valence electrons. The number of aryl methyl sites for hydroxylation is 1. The highest BCUT2D eigenvalue weighted by Gasteiger charge is 1.95. The predicted molar refractivity (Wildman–Crippen MR) is 44.0 cm³/mol. The Kier molecular flexibility index (Phi) is 2.12. The van der Waals surface area contributed by atoms with Gasteiger partial charge in [0.1, 0.15) is 0 Å². The minimum Gasteiger partial charge on any atom is -0.194 e. The zero-order valence-electron chi connectivity index (χ0n) is 5.60. The second-order valence-corrected chi connectivity index (χ2v) is 2.50. The monoisotopic (exact) mass is 154 g/mol. The molecular formula is C8H7FS. The van der Waals surface area contributed by atoms with Crippen LogP contribution in [0.1, 0.15) is 11.1 Å². The van der Waals surface area contributed by atoms with Crippen LogP contribution in [-0.4, -0.2) is 5.12 Å². The molecule has 0 aliphatic heterocycles. The van der Waals surface area contributed by atoms with Crippen molar-refractivity contribution >= 4 is 17.3 Å². The van der Waals surface area contributed by atoms with Crippen LogP contribution in [-0.2, 0) is 0 Å². The van der Waals surface area contributed by atoms with Crippen molar-refractivity contribution in [1.29, 1.82) is 0 Å². The van der Waals surface area contributed by atoms with Crippen molar-refractivity contribution in [2.24, 2.45) is 0 Å². The first-order chi connectivity index (χ1) is 4.70. The van der Waals surface area contributed by atoms with Crippen LogP contribution in [0.2, 0.25) is 0 Å². The third-order valence-electron chi connectivity index (χ3n) is 1.28. The summed E-state index contributed by atoms with van der Waals surface area (Å²) in [5.41, 5.74) is 1.60. The Morgan fingerprint density at radius 3 is 2.20 bits per heavy atom. The van der Waals surface area contributed by atoms with E-state index in [1.165, 1.54) is 0 Å². The molecule has 0 radical (unpaired) electrons. The molecule has 10 heavy (non-hydrogen) atoms. The maximum atomic E-state index is 12.3. The molecule has 0 aromatic heterocycles. The summed E-state index contributed by atoms with van der Waals surface area (Å²) >= 11 is 4.34. The topological polar surface area (TPSA) is 0 Å². The lowest BCUT2D eigenvalue weighted by molar-refractivity contribution is 0.832. The van der Waals surface area contributed by atoms with Gasteiger partial charge in [-0.25, -0.2) is 0 Å². The average Bonchev–Trinajstić information content (AvgIpc) is 1.88. The van der Waals surface area contributed by atoms with Crippen LogP contribution in [0, 0.1) is 6.92 Å². The molecule has 0 fully saturated rings. The molecule has 0 N–H and O–H groups in total. The first-order valence-electron chi connectivity index (χ1n) is 2.96. The van der Waals surface area contributed by atoms with Gasteiger partial charge in [0.2, 0.25) is 0 Å². The molecule has 0 bridgehead atoms. The van der Waals surface area contributed by atoms with Crippen LogP contribution < -0.4 is 0 Å². The van der Waals surface area contributed by atoms with E-state index in [2.05, 4.69) is 12.2 Å². The molecule has 0 saturated heterocycles. The Hall–Kier alpha value is -0.760. The summed E-state index contributed by atoms with van der Waals surface area (Å²) in [4.78, 5) is 0. The molecule has 0 heterocycles. The van der Waals surface area contributed by atoms with Gasteiger partial charge in [-0.3, -0.25) is 0 Å². The number of rotatable bonds is 1. The molecule has 0 saturated carbocycles. The van der Waals surface area contributed by atoms with E-state index in [-0.39, 0.29) is 0 Å². The largest absolute Gasteiger partial charge is 0.194 e. The van der Waals surface area contributed by atoms with Crippen LogP contribution in [0.15, 0.2) is 24.3 Å². The number of thiocarbonyl (C=S) groups is 1. The Morgan fingerprint density at radius 2 is 1.80 bits per heavy atom. The quantitative estimate of drug-likeness (QED) is 0.442. The van der Waals surface area contributed by atoms with Crippen molar-refractivity contribution in [3.63, 3.8) is 0 Å². The van der Waals surface area contributed by atoms with E-state index < -0.39 is 5.12 Å². The van der Waals surface area contributed by atoms with Gasteiger partial charge in [-0.15, -0.1) is 0 Å². The van der Waals surface area contributed by atoms with Gasteiger partial charge < -0.3 is 0 Å². The van der Waals surface area contributed by atoms with Gasteiger partial charge in [0.25, 0.3) is 0 Å². The Balaban J connectivity index is 3.00. The summed E-state index contributed by atoms with van der Waals surface area (Å²) in [5.74, 6) is 0. The van der Waals surface area contributed by atoms with E-state index in [0.717, 1.165) is 5.56 Å². The lowest BCUT2D eigenvalue weighted by Gasteiger charge is -1.93. The minimum atomic E-state index is -0.542. The van der Waals surface area contributed by atoms with Gasteiger partial charge in [0.05, 0.1) is 0 Å². The van der Waals surface area contributed by atoms with Crippen LogP contribution in [0.3, 0.4) is 0 Å². The van der Waals surface area contributed by atoms with Gasteiger partial charge in [0.15, 0.2) is 5.12 Å². The van der Waals surface area contributed by atoms with Crippen LogP contribution in [0.4, 0.5) is 4.39 Å². The van der Waals surface area contributed by atoms with E-state index in [1.807, 2.05) is 19.1 Å². The highest BCUT2D eigenvalue weighted by Crippen LogP contribution is 2.04. The molecule has 0 nitrogen and oxygen atoms in total. The second-order valence-electron chi connectivity index (χ2n) is 2.14. The summed E-state index contributed by atoms with van der Waals surface area (Å²) in [7, 11) is 0. The van der Waals surface area contributed by atoms with Crippen molar-refractivity contribution in [2.75, 3.05) is 0 Å². The van der Waals surface area contributed by atoms with Crippen molar-refractivity contribution in [3.05, 3.63) is 35.4 Å². The summed E-state index contributed by atoms with van der Waals surface area (Å²) in [5, 5.41) is -0.542. The zero-order chi connectivity index (χ0) is 7.56. The fraction of sp³-hybridized carbons (Fsp3) is 0.125. The lowest BCUT2D eigenvalue weighted by atomic mass is 10.2. The van der Waals surface area contributed by atoms with Crippen molar-refractivity contribution in [2.45, 2.75) is 6.92 Å². The maximum Gasteiger partial charge on any atom is 0.193 e. The highest BCUT2D eigenvalue weighted by molar-refractivity contribution is 7.80. The zero-order valence-corrected chi connectivity index (χ0v) is 6.41. The smallest absolute Gasteiger partial charge is 0.193 e. The molecule has 0 aliphatic rings. The predicted octanol–water partition coefficient (Wildman–Crippen LogP) is 2.64. The van der Waals surface area contributed by atoms with Crippen molar-refractivity contribution in [3.8, 4) is 0 Å². The van der Waals surface area contributed by atoms with E-state index in [1.54, 1.807) is 12.1 Å². The first kappa shape index (κ1) is 7.35. The number of hydrogen-bond donors (Lipinski definition) is 0. The third-order valence-corrected chi connectivity index (χ3v) is 1.51. The van der Waals surface area contributed by atoms with Gasteiger partial charge >= 0.3 is 0 Å². The van der Waals surface area contributed by atoms with E-state index >= 15 is 0 Å². The van der Waals surface area contributed by atoms with Gasteiger partial charge in [-0.1, -0.05) is 29.8 Å². The fourth-order valence-corrected chi connectivity index (χ4v) is 0.821. The molecule has 2 heteroatoms. The molecule has 1 rings (SSSR count). The number of hydrogen-bond acceptors (Lipinski definition) is 1. The minimum absolute atomic E-state index is 0.487. The SMILES string of the molecule is Cc1ccc(C(F)=S)cc1. The lowest BCUT2D eigenvalue weighted by Crippen LogP contribution is -1.86. The fourth-order valence-electron chi connectivity index (χ4n) is 0.685. The molecule has 1 aromatic carbocycles. The maximum absolute atomic E-state index is 12.3.